The molecule has 4 rings (SSSR count). The van der Waals surface area contributed by atoms with Crippen molar-refractivity contribution in [3.63, 3.8) is 0 Å². The molecule has 0 bridgehead atoms. The van der Waals surface area contributed by atoms with E-state index in [0.717, 1.165) is 48.4 Å². The van der Waals surface area contributed by atoms with Gasteiger partial charge in [0.25, 0.3) is 0 Å². The van der Waals surface area contributed by atoms with Crippen LogP contribution in [0.1, 0.15) is 18.4 Å². The highest BCUT2D eigenvalue weighted by molar-refractivity contribution is 9.10. The van der Waals surface area contributed by atoms with Crippen LogP contribution in [0.2, 0.25) is 0 Å². The number of fused-ring (bicyclic) bond motifs is 1. The van der Waals surface area contributed by atoms with E-state index >= 15 is 0 Å². The molecule has 2 aromatic rings. The van der Waals surface area contributed by atoms with Gasteiger partial charge in [-0.2, -0.15) is 0 Å². The quantitative estimate of drug-likeness (QED) is 0.793. The van der Waals surface area contributed by atoms with Gasteiger partial charge in [0.2, 0.25) is 5.91 Å². The number of carbonyl (C=O) groups excluding carboxylic acids is 1. The second-order valence-electron chi connectivity index (χ2n) is 7.03. The minimum absolute atomic E-state index is 0.0527. The third kappa shape index (κ3) is 4.62. The average molecular weight is 431 g/mol. The van der Waals surface area contributed by atoms with Crippen molar-refractivity contribution in [1.82, 2.24) is 4.90 Å². The lowest BCUT2D eigenvalue weighted by Gasteiger charge is -2.31. The number of carbonyl (C=O) groups is 1. The summed E-state index contributed by atoms with van der Waals surface area (Å²) in [6.45, 7) is 3.91. The van der Waals surface area contributed by atoms with Gasteiger partial charge in [0.1, 0.15) is 13.2 Å². The first kappa shape index (κ1) is 18.3. The number of ether oxygens (including phenoxy) is 2. The van der Waals surface area contributed by atoms with Crippen molar-refractivity contribution in [2.75, 3.05) is 31.6 Å². The number of nitrogens with zero attached hydrogens (tertiary/aromatic N) is 1. The molecule has 0 saturated carbocycles. The smallest absolute Gasteiger partial charge is 0.227 e. The van der Waals surface area contributed by atoms with Gasteiger partial charge in [0.15, 0.2) is 11.5 Å². The predicted octanol–water partition coefficient (Wildman–Crippen LogP) is 4.07. The molecule has 0 radical (unpaired) electrons. The van der Waals surface area contributed by atoms with Crippen LogP contribution in [0.25, 0.3) is 0 Å². The second-order valence-corrected chi connectivity index (χ2v) is 7.94. The molecule has 27 heavy (non-hydrogen) atoms. The van der Waals surface area contributed by atoms with Crippen molar-refractivity contribution in [2.45, 2.75) is 19.4 Å². The number of benzene rings is 2. The molecule has 0 aliphatic carbocycles. The van der Waals surface area contributed by atoms with Crippen LogP contribution in [0.3, 0.4) is 0 Å². The van der Waals surface area contributed by atoms with Crippen LogP contribution >= 0.6 is 15.9 Å². The molecule has 1 N–H and O–H groups in total. The molecule has 0 spiro atoms. The molecule has 2 aromatic carbocycles. The monoisotopic (exact) mass is 430 g/mol. The topological polar surface area (TPSA) is 50.8 Å². The molecular weight excluding hydrogens is 408 g/mol. The molecule has 2 aliphatic heterocycles. The third-order valence-electron chi connectivity index (χ3n) is 5.06. The van der Waals surface area contributed by atoms with Gasteiger partial charge >= 0.3 is 0 Å². The van der Waals surface area contributed by atoms with Crippen LogP contribution in [-0.2, 0) is 11.3 Å². The highest BCUT2D eigenvalue weighted by Crippen LogP contribution is 2.33. The predicted molar refractivity (Wildman–Crippen MR) is 108 cm³/mol. The van der Waals surface area contributed by atoms with Gasteiger partial charge in [-0.15, -0.1) is 0 Å². The molecule has 0 unspecified atom stereocenters. The van der Waals surface area contributed by atoms with Gasteiger partial charge in [0, 0.05) is 28.7 Å². The molecule has 142 valence electrons. The van der Waals surface area contributed by atoms with Crippen LogP contribution in [0.5, 0.6) is 11.5 Å². The van der Waals surface area contributed by atoms with Crippen molar-refractivity contribution in [3.05, 3.63) is 52.5 Å². The summed E-state index contributed by atoms with van der Waals surface area (Å²) in [5.41, 5.74) is 2.06. The maximum absolute atomic E-state index is 12.6. The van der Waals surface area contributed by atoms with Gasteiger partial charge in [0.05, 0.1) is 0 Å². The lowest BCUT2D eigenvalue weighted by molar-refractivity contribution is -0.121. The van der Waals surface area contributed by atoms with Crippen LogP contribution in [0, 0.1) is 5.92 Å². The fourth-order valence-electron chi connectivity index (χ4n) is 3.61. The molecule has 6 heteroatoms. The fourth-order valence-corrected chi connectivity index (χ4v) is 4.06. The van der Waals surface area contributed by atoms with Crippen molar-refractivity contribution < 1.29 is 14.3 Å². The minimum atomic E-state index is 0.0527. The van der Waals surface area contributed by atoms with Crippen LogP contribution < -0.4 is 14.8 Å². The summed E-state index contributed by atoms with van der Waals surface area (Å²) in [6, 6.07) is 14.0. The lowest BCUT2D eigenvalue weighted by atomic mass is 9.95. The number of likely N-dealkylation sites (tertiary alicyclic amines) is 1. The van der Waals surface area contributed by atoms with Crippen LogP contribution in [0.15, 0.2) is 46.9 Å². The number of hydrogen-bond acceptors (Lipinski definition) is 4. The Bertz CT molecular complexity index is 819. The van der Waals surface area contributed by atoms with Crippen molar-refractivity contribution >= 4 is 27.5 Å². The maximum atomic E-state index is 12.6. The highest BCUT2D eigenvalue weighted by atomic mass is 79.9. The van der Waals surface area contributed by atoms with Crippen LogP contribution in [0.4, 0.5) is 5.69 Å². The Labute approximate surface area is 167 Å². The van der Waals surface area contributed by atoms with Gasteiger partial charge in [-0.25, -0.2) is 0 Å². The zero-order chi connectivity index (χ0) is 18.6. The zero-order valence-electron chi connectivity index (χ0n) is 15.1. The van der Waals surface area contributed by atoms with Gasteiger partial charge < -0.3 is 14.8 Å². The fraction of sp³-hybridized carbons (Fsp3) is 0.381. The Hall–Kier alpha value is -2.05. The average Bonchev–Trinajstić information content (AvgIpc) is 2.68. The molecule has 5 nitrogen and oxygen atoms in total. The molecule has 1 amide bonds. The first-order valence-electron chi connectivity index (χ1n) is 9.35. The first-order valence-corrected chi connectivity index (χ1v) is 10.1. The normalized spacial score (nSPS) is 17.5. The first-order chi connectivity index (χ1) is 13.2. The maximum Gasteiger partial charge on any atom is 0.227 e. The Balaban J connectivity index is 1.29. The number of amides is 1. The van der Waals surface area contributed by atoms with Gasteiger partial charge in [-0.3, -0.25) is 9.69 Å². The number of hydrogen-bond donors (Lipinski definition) is 1. The molecule has 1 fully saturated rings. The lowest BCUT2D eigenvalue weighted by Crippen LogP contribution is -2.37. The number of halogens is 1. The molecule has 0 aromatic heterocycles. The van der Waals surface area contributed by atoms with E-state index in [4.69, 9.17) is 9.47 Å². The van der Waals surface area contributed by atoms with E-state index in [0.29, 0.717) is 19.0 Å². The molecule has 2 heterocycles. The summed E-state index contributed by atoms with van der Waals surface area (Å²) >= 11 is 3.52. The van der Waals surface area contributed by atoms with E-state index < -0.39 is 0 Å². The van der Waals surface area contributed by atoms with E-state index in [1.54, 1.807) is 0 Å². The number of piperidine rings is 1. The van der Waals surface area contributed by atoms with Crippen molar-refractivity contribution in [1.29, 1.82) is 0 Å². The molecule has 0 atom stereocenters. The SMILES string of the molecule is O=C(Nc1ccc2c(c1)OCCO2)C1CCN(Cc2cccc(Br)c2)CC1. The summed E-state index contributed by atoms with van der Waals surface area (Å²) in [5, 5.41) is 3.03. The summed E-state index contributed by atoms with van der Waals surface area (Å²) in [4.78, 5) is 15.0. The molecule has 2 aliphatic rings. The Kier molecular flexibility index (Phi) is 5.64. The summed E-state index contributed by atoms with van der Waals surface area (Å²) in [7, 11) is 0. The van der Waals surface area contributed by atoms with E-state index in [2.05, 4.69) is 44.3 Å². The molecular formula is C21H23BrN2O3. The largest absolute Gasteiger partial charge is 0.486 e. The molecule has 1 saturated heterocycles. The van der Waals surface area contributed by atoms with Gasteiger partial charge in [-0.05, 0) is 55.8 Å². The van der Waals surface area contributed by atoms with E-state index in [9.17, 15) is 4.79 Å². The van der Waals surface area contributed by atoms with E-state index in [-0.39, 0.29) is 11.8 Å². The number of nitrogens with one attached hydrogen (secondary N) is 1. The Morgan fingerprint density at radius 3 is 2.63 bits per heavy atom. The standard InChI is InChI=1S/C21H23BrN2O3/c22-17-3-1-2-15(12-17)14-24-8-6-16(7-9-24)21(25)23-18-4-5-19-20(13-18)27-11-10-26-19/h1-5,12-13,16H,6-11,14H2,(H,23,25). The van der Waals surface area contributed by atoms with Crippen molar-refractivity contribution in [3.8, 4) is 11.5 Å². The highest BCUT2D eigenvalue weighted by Gasteiger charge is 2.25. The van der Waals surface area contributed by atoms with Crippen molar-refractivity contribution in [2.24, 2.45) is 5.92 Å². The summed E-state index contributed by atoms with van der Waals surface area (Å²) in [5.74, 6) is 1.58. The van der Waals surface area contributed by atoms with Gasteiger partial charge in [-0.1, -0.05) is 28.1 Å². The summed E-state index contributed by atoms with van der Waals surface area (Å²) < 4.78 is 12.2. The van der Waals surface area contributed by atoms with E-state index in [1.165, 1.54) is 5.56 Å². The Morgan fingerprint density at radius 1 is 1.07 bits per heavy atom. The Morgan fingerprint density at radius 2 is 1.85 bits per heavy atom. The minimum Gasteiger partial charge on any atom is -0.486 e. The number of anilines is 1. The third-order valence-corrected chi connectivity index (χ3v) is 5.56. The van der Waals surface area contributed by atoms with E-state index in [1.807, 2.05) is 24.3 Å². The van der Waals surface area contributed by atoms with Crippen LogP contribution in [-0.4, -0.2) is 37.1 Å². The zero-order valence-corrected chi connectivity index (χ0v) is 16.7. The second kappa shape index (κ2) is 8.31. The number of rotatable bonds is 4. The summed E-state index contributed by atoms with van der Waals surface area (Å²) in [6.07, 6.45) is 1.76.